The summed E-state index contributed by atoms with van der Waals surface area (Å²) < 4.78 is 32.2. The Morgan fingerprint density at radius 1 is 1.00 bits per heavy atom. The third-order valence-corrected chi connectivity index (χ3v) is 6.88. The second kappa shape index (κ2) is 11.4. The normalized spacial score (nSPS) is 14.8. The molecule has 214 valence electrons. The van der Waals surface area contributed by atoms with E-state index in [9.17, 15) is 18.4 Å². The Morgan fingerprint density at radius 3 is 2.50 bits per heavy atom. The molecule has 0 radical (unpaired) electrons. The first kappa shape index (κ1) is 27.1. The molecule has 14 heteroatoms. The van der Waals surface area contributed by atoms with Gasteiger partial charge in [0.1, 0.15) is 11.2 Å². The van der Waals surface area contributed by atoms with Gasteiger partial charge >= 0.3 is 6.55 Å². The Bertz CT molecular complexity index is 1730. The molecule has 2 aromatic carbocycles. The van der Waals surface area contributed by atoms with E-state index in [0.717, 1.165) is 5.56 Å². The van der Waals surface area contributed by atoms with Crippen LogP contribution in [0.25, 0.3) is 22.7 Å². The van der Waals surface area contributed by atoms with E-state index in [1.165, 1.54) is 13.1 Å². The van der Waals surface area contributed by atoms with Crippen molar-refractivity contribution in [2.75, 3.05) is 31.5 Å². The van der Waals surface area contributed by atoms with E-state index in [0.29, 0.717) is 59.0 Å². The van der Waals surface area contributed by atoms with Crippen LogP contribution in [0, 0.1) is 0 Å². The average molecular weight is 574 g/mol. The number of carbonyl (C=O) groups excluding carboxylic acids is 2. The number of hydrogen-bond acceptors (Lipinski definition) is 9. The minimum absolute atomic E-state index is 0.169. The van der Waals surface area contributed by atoms with Gasteiger partial charge in [-0.1, -0.05) is 35.1 Å². The molecule has 0 aliphatic carbocycles. The van der Waals surface area contributed by atoms with Crippen LogP contribution in [0.5, 0.6) is 0 Å². The maximum absolute atomic E-state index is 13.5. The number of hydrogen-bond donors (Lipinski definition) is 1. The van der Waals surface area contributed by atoms with Gasteiger partial charge in [-0.2, -0.15) is 8.78 Å². The monoisotopic (exact) mass is 573 g/mol. The number of benzene rings is 2. The molecule has 4 heterocycles. The van der Waals surface area contributed by atoms with E-state index < -0.39 is 12.6 Å². The van der Waals surface area contributed by atoms with E-state index in [1.807, 2.05) is 30.3 Å². The molecule has 1 fully saturated rings. The number of amides is 2. The summed E-state index contributed by atoms with van der Waals surface area (Å²) in [4.78, 5) is 37.7. The Kier molecular flexibility index (Phi) is 7.35. The van der Waals surface area contributed by atoms with Gasteiger partial charge in [0, 0.05) is 50.6 Å². The quantitative estimate of drug-likeness (QED) is 0.309. The van der Waals surface area contributed by atoms with Gasteiger partial charge in [0.2, 0.25) is 11.8 Å². The fourth-order valence-electron chi connectivity index (χ4n) is 4.95. The molecule has 1 N–H and O–H groups in total. The number of rotatable bonds is 7. The van der Waals surface area contributed by atoms with Gasteiger partial charge in [0.15, 0.2) is 11.4 Å². The van der Waals surface area contributed by atoms with Crippen LogP contribution in [0.1, 0.15) is 41.3 Å². The molecule has 2 amide bonds. The van der Waals surface area contributed by atoms with Crippen LogP contribution in [-0.4, -0.2) is 78.0 Å². The zero-order valence-electron chi connectivity index (χ0n) is 22.4. The zero-order valence-corrected chi connectivity index (χ0v) is 22.4. The molecular formula is C28H25F2N9O3. The molecule has 3 aromatic heterocycles. The van der Waals surface area contributed by atoms with Crippen molar-refractivity contribution in [1.82, 2.24) is 40.0 Å². The van der Waals surface area contributed by atoms with Gasteiger partial charge in [-0.05, 0) is 41.1 Å². The minimum Gasteiger partial charge on any atom is -0.435 e. The summed E-state index contributed by atoms with van der Waals surface area (Å²) in [7, 11) is 0. The van der Waals surface area contributed by atoms with Crippen LogP contribution in [-0.2, 0) is 4.79 Å². The highest BCUT2D eigenvalue weighted by Crippen LogP contribution is 2.29. The van der Waals surface area contributed by atoms with Gasteiger partial charge in [0.25, 0.3) is 5.91 Å². The molecule has 0 spiro atoms. The number of alkyl halides is 2. The van der Waals surface area contributed by atoms with Crippen molar-refractivity contribution in [2.45, 2.75) is 19.5 Å². The fraction of sp³-hybridized carbons (Fsp3) is 0.250. The highest BCUT2D eigenvalue weighted by Gasteiger charge is 2.32. The number of halogens is 2. The van der Waals surface area contributed by atoms with E-state index in [4.69, 9.17) is 4.42 Å². The predicted molar refractivity (Wildman–Crippen MR) is 146 cm³/mol. The maximum Gasteiger partial charge on any atom is 0.350 e. The molecule has 6 rings (SSSR count). The number of piperazine rings is 1. The Morgan fingerprint density at radius 2 is 1.79 bits per heavy atom. The van der Waals surface area contributed by atoms with Crippen molar-refractivity contribution >= 4 is 28.6 Å². The van der Waals surface area contributed by atoms with E-state index in [-0.39, 0.29) is 23.5 Å². The minimum atomic E-state index is -2.89. The molecule has 0 saturated carbocycles. The Balaban J connectivity index is 1.18. The summed E-state index contributed by atoms with van der Waals surface area (Å²) in [6.07, 6.45) is 1.53. The van der Waals surface area contributed by atoms with Gasteiger partial charge in [-0.25, -0.2) is 4.98 Å². The largest absolute Gasteiger partial charge is 0.435 e. The number of tetrazole rings is 1. The Labute approximate surface area is 238 Å². The van der Waals surface area contributed by atoms with Crippen LogP contribution in [0.15, 0.2) is 71.3 Å². The van der Waals surface area contributed by atoms with Crippen LogP contribution in [0.3, 0.4) is 0 Å². The molecule has 5 aromatic rings. The number of carbonyl (C=O) groups is 2. The highest BCUT2D eigenvalue weighted by molar-refractivity contribution is 5.95. The summed E-state index contributed by atoms with van der Waals surface area (Å²) in [5, 5.41) is 14.0. The second-order valence-electron chi connectivity index (χ2n) is 9.70. The first-order valence-corrected chi connectivity index (χ1v) is 13.2. The number of nitrogens with one attached hydrogen (secondary N) is 1. The lowest BCUT2D eigenvalue weighted by Gasteiger charge is -2.38. The molecule has 1 atom stereocenters. The SMILES string of the molecule is CC(=O)Nc1ccc2oc(-c3cc(C(=O)N4CCN([C@@H](c5ccccc5)c5nnn(C(F)F)n5)CC4)ccn3)nc2c1. The third-order valence-electron chi connectivity index (χ3n) is 6.88. The molecule has 1 aliphatic rings. The molecule has 0 unspecified atom stereocenters. The maximum atomic E-state index is 13.5. The topological polar surface area (TPSA) is 135 Å². The predicted octanol–water partition coefficient (Wildman–Crippen LogP) is 3.78. The summed E-state index contributed by atoms with van der Waals surface area (Å²) in [5.74, 6) is 0.0426. The van der Waals surface area contributed by atoms with Crippen molar-refractivity contribution in [3.05, 3.63) is 83.8 Å². The van der Waals surface area contributed by atoms with Crippen molar-refractivity contribution in [2.24, 2.45) is 0 Å². The van der Waals surface area contributed by atoms with Gasteiger partial charge in [-0.3, -0.25) is 19.5 Å². The van der Waals surface area contributed by atoms with Crippen LogP contribution in [0.2, 0.25) is 0 Å². The molecule has 1 aliphatic heterocycles. The van der Waals surface area contributed by atoms with E-state index >= 15 is 0 Å². The number of aromatic nitrogens is 6. The van der Waals surface area contributed by atoms with Crippen molar-refractivity contribution in [3.8, 4) is 11.6 Å². The lowest BCUT2D eigenvalue weighted by molar-refractivity contribution is -0.114. The van der Waals surface area contributed by atoms with Crippen LogP contribution >= 0.6 is 0 Å². The van der Waals surface area contributed by atoms with Crippen molar-refractivity contribution < 1.29 is 22.8 Å². The average Bonchev–Trinajstić information content (AvgIpc) is 3.66. The lowest BCUT2D eigenvalue weighted by Crippen LogP contribution is -2.50. The highest BCUT2D eigenvalue weighted by atomic mass is 19.3. The molecule has 1 saturated heterocycles. The Hall–Kier alpha value is -5.11. The molecule has 12 nitrogen and oxygen atoms in total. The summed E-state index contributed by atoms with van der Waals surface area (Å²) in [6, 6.07) is 17.3. The number of nitrogens with zero attached hydrogens (tertiary/aromatic N) is 8. The van der Waals surface area contributed by atoms with Crippen LogP contribution < -0.4 is 5.32 Å². The van der Waals surface area contributed by atoms with Crippen molar-refractivity contribution in [3.63, 3.8) is 0 Å². The number of anilines is 1. The number of pyridine rings is 1. The van der Waals surface area contributed by atoms with E-state index in [2.05, 4.69) is 35.6 Å². The standard InChI is InChI=1S/C28H25F2N9O3/c1-17(40)32-20-7-8-23-21(16-20)33-26(42-23)22-15-19(9-10-31-22)27(41)38-13-11-37(12-14-38)24(18-5-3-2-4-6-18)25-34-36-39(35-25)28(29)30/h2-10,15-16,24,28H,11-14H2,1H3,(H,32,40)/t24-/m0/s1. The first-order valence-electron chi connectivity index (χ1n) is 13.2. The summed E-state index contributed by atoms with van der Waals surface area (Å²) in [5.41, 5.74) is 3.32. The third kappa shape index (κ3) is 5.56. The molecular weight excluding hydrogens is 548 g/mol. The first-order chi connectivity index (χ1) is 20.4. The number of fused-ring (bicyclic) bond motifs is 1. The van der Waals surface area contributed by atoms with Gasteiger partial charge < -0.3 is 14.6 Å². The fourth-order valence-corrected chi connectivity index (χ4v) is 4.95. The lowest BCUT2D eigenvalue weighted by atomic mass is 10.0. The smallest absolute Gasteiger partial charge is 0.350 e. The van der Waals surface area contributed by atoms with Crippen LogP contribution in [0.4, 0.5) is 14.5 Å². The van der Waals surface area contributed by atoms with Crippen molar-refractivity contribution in [1.29, 1.82) is 0 Å². The second-order valence-corrected chi connectivity index (χ2v) is 9.70. The summed E-state index contributed by atoms with van der Waals surface area (Å²) >= 11 is 0. The van der Waals surface area contributed by atoms with Gasteiger partial charge in [-0.15, -0.1) is 10.2 Å². The van der Waals surface area contributed by atoms with E-state index in [1.54, 1.807) is 35.2 Å². The summed E-state index contributed by atoms with van der Waals surface area (Å²) in [6.45, 7) is 0.266. The van der Waals surface area contributed by atoms with Gasteiger partial charge in [0.05, 0.1) is 6.04 Å². The molecule has 0 bridgehead atoms. The molecule has 42 heavy (non-hydrogen) atoms. The number of oxazole rings is 1. The zero-order chi connectivity index (χ0) is 29.2.